The number of carbonyl (C=O) groups is 1. The molecule has 0 heterocycles. The number of alkyl halides is 2. The van der Waals surface area contributed by atoms with Crippen molar-refractivity contribution < 1.29 is 32.2 Å². The third-order valence-corrected chi connectivity index (χ3v) is 1.90. The van der Waals surface area contributed by atoms with Crippen LogP contribution in [0.2, 0.25) is 0 Å². The molecule has 0 spiro atoms. The second kappa shape index (κ2) is 6.20. The molecule has 0 radical (unpaired) electrons. The molecule has 0 fully saturated rings. The van der Waals surface area contributed by atoms with E-state index in [0.717, 1.165) is 0 Å². The van der Waals surface area contributed by atoms with Crippen molar-refractivity contribution in [3.05, 3.63) is 29.3 Å². The van der Waals surface area contributed by atoms with Crippen molar-refractivity contribution in [3.8, 4) is 5.75 Å². The molecule has 1 rings (SSSR count). The Labute approximate surface area is 99.2 Å². The first-order valence-corrected chi connectivity index (χ1v) is 4.79. The number of benzene rings is 1. The lowest BCUT2D eigenvalue weighted by Crippen LogP contribution is -2.28. The van der Waals surface area contributed by atoms with Gasteiger partial charge in [-0.1, -0.05) is 0 Å². The Morgan fingerprint density at radius 3 is 2.61 bits per heavy atom. The maximum atomic E-state index is 13.5. The van der Waals surface area contributed by atoms with Crippen LogP contribution >= 0.6 is 0 Å². The maximum absolute atomic E-state index is 13.5. The molecule has 0 bridgehead atoms. The lowest BCUT2D eigenvalue weighted by Gasteiger charge is -2.10. The van der Waals surface area contributed by atoms with Crippen LogP contribution in [0.5, 0.6) is 5.75 Å². The van der Waals surface area contributed by atoms with E-state index in [0.29, 0.717) is 12.1 Å². The van der Waals surface area contributed by atoms with Crippen molar-refractivity contribution in [2.75, 3.05) is 13.2 Å². The average Bonchev–Trinajstić information content (AvgIpc) is 2.30. The Balaban J connectivity index is 3.05. The number of nitrogens with one attached hydrogen (secondary N) is 1. The molecule has 1 aromatic carbocycles. The summed E-state index contributed by atoms with van der Waals surface area (Å²) in [4.78, 5) is 11.3. The summed E-state index contributed by atoms with van der Waals surface area (Å²) in [6, 6.07) is 1.29. The largest absolute Gasteiger partial charge is 0.432 e. The minimum absolute atomic E-state index is 0.225. The normalized spacial score (nSPS) is 10.6. The molecule has 0 saturated carbocycles. The van der Waals surface area contributed by atoms with Gasteiger partial charge >= 0.3 is 6.61 Å². The average molecular weight is 267 g/mol. The zero-order chi connectivity index (χ0) is 13.7. The van der Waals surface area contributed by atoms with Gasteiger partial charge in [-0.2, -0.15) is 8.78 Å². The molecule has 0 aromatic heterocycles. The molecule has 4 nitrogen and oxygen atoms in total. The van der Waals surface area contributed by atoms with Crippen molar-refractivity contribution in [3.63, 3.8) is 0 Å². The van der Waals surface area contributed by atoms with Crippen LogP contribution in [0.25, 0.3) is 0 Å². The third kappa shape index (κ3) is 3.33. The van der Waals surface area contributed by atoms with E-state index in [1.165, 1.54) is 0 Å². The summed E-state index contributed by atoms with van der Waals surface area (Å²) in [6.45, 7) is -3.95. The molecule has 1 aromatic rings. The summed E-state index contributed by atoms with van der Waals surface area (Å²) < 4.78 is 54.4. The highest BCUT2D eigenvalue weighted by atomic mass is 19.3. The molecule has 0 aliphatic heterocycles. The number of amides is 1. The quantitative estimate of drug-likeness (QED) is 0.790. The van der Waals surface area contributed by atoms with Crippen molar-refractivity contribution in [1.82, 2.24) is 5.32 Å². The van der Waals surface area contributed by atoms with Crippen molar-refractivity contribution in [1.29, 1.82) is 0 Å². The summed E-state index contributed by atoms with van der Waals surface area (Å²) in [5.74, 6) is -4.84. The fourth-order valence-corrected chi connectivity index (χ4v) is 1.19. The fourth-order valence-electron chi connectivity index (χ4n) is 1.19. The lowest BCUT2D eigenvalue weighted by molar-refractivity contribution is -0.0523. The number of aliphatic hydroxyl groups excluding tert-OH is 1. The standard InChI is InChI=1S/C10H9F4NO3/c11-5-1-2-6(18-10(13)14)8(12)7(5)9(17)15-3-4-16/h1-2,10,16H,3-4H2,(H,15,17). The number of halogens is 4. The van der Waals surface area contributed by atoms with Crippen molar-refractivity contribution >= 4 is 5.91 Å². The molecular formula is C10H9F4NO3. The van der Waals surface area contributed by atoms with Crippen LogP contribution in [-0.4, -0.2) is 30.8 Å². The summed E-state index contributed by atoms with van der Waals surface area (Å²) in [5, 5.41) is 10.4. The summed E-state index contributed by atoms with van der Waals surface area (Å²) >= 11 is 0. The highest BCUT2D eigenvalue weighted by molar-refractivity contribution is 5.95. The molecule has 100 valence electrons. The van der Waals surface area contributed by atoms with Gasteiger partial charge in [0.25, 0.3) is 5.91 Å². The first-order valence-electron chi connectivity index (χ1n) is 4.79. The van der Waals surface area contributed by atoms with Crippen molar-refractivity contribution in [2.45, 2.75) is 6.61 Å². The van der Waals surface area contributed by atoms with Crippen LogP contribution in [0.3, 0.4) is 0 Å². The van der Waals surface area contributed by atoms with Gasteiger partial charge in [0, 0.05) is 6.54 Å². The molecule has 0 atom stereocenters. The Morgan fingerprint density at radius 1 is 1.39 bits per heavy atom. The summed E-state index contributed by atoms with van der Waals surface area (Å²) in [7, 11) is 0. The molecule has 2 N–H and O–H groups in total. The predicted octanol–water partition coefficient (Wildman–Crippen LogP) is 1.29. The highest BCUT2D eigenvalue weighted by Crippen LogP contribution is 2.24. The van der Waals surface area contributed by atoms with E-state index in [1.807, 2.05) is 5.32 Å². The topological polar surface area (TPSA) is 58.6 Å². The van der Waals surface area contributed by atoms with E-state index in [9.17, 15) is 22.4 Å². The summed E-state index contributed by atoms with van der Waals surface area (Å²) in [5.41, 5.74) is -1.04. The van der Waals surface area contributed by atoms with Crippen LogP contribution < -0.4 is 10.1 Å². The van der Waals surface area contributed by atoms with Gasteiger partial charge in [-0.3, -0.25) is 4.79 Å². The van der Waals surface area contributed by atoms with Gasteiger partial charge in [-0.05, 0) is 12.1 Å². The predicted molar refractivity (Wildman–Crippen MR) is 52.4 cm³/mol. The minimum atomic E-state index is -3.29. The van der Waals surface area contributed by atoms with Gasteiger partial charge in [0.05, 0.1) is 6.61 Å². The van der Waals surface area contributed by atoms with E-state index < -0.39 is 42.1 Å². The Hall–Kier alpha value is -1.83. The number of ether oxygens (including phenoxy) is 1. The molecule has 0 aliphatic rings. The van der Waals surface area contributed by atoms with Gasteiger partial charge in [0.15, 0.2) is 11.6 Å². The van der Waals surface area contributed by atoms with E-state index in [-0.39, 0.29) is 6.54 Å². The highest BCUT2D eigenvalue weighted by Gasteiger charge is 2.22. The van der Waals surface area contributed by atoms with Gasteiger partial charge in [-0.15, -0.1) is 0 Å². The molecule has 8 heteroatoms. The van der Waals surface area contributed by atoms with Crippen LogP contribution in [-0.2, 0) is 0 Å². The van der Waals surface area contributed by atoms with E-state index in [2.05, 4.69) is 4.74 Å². The molecular weight excluding hydrogens is 258 g/mol. The SMILES string of the molecule is O=C(NCCO)c1c(F)ccc(OC(F)F)c1F. The molecule has 1 amide bonds. The monoisotopic (exact) mass is 267 g/mol. The minimum Gasteiger partial charge on any atom is -0.432 e. The molecule has 0 saturated heterocycles. The van der Waals surface area contributed by atoms with Crippen molar-refractivity contribution in [2.24, 2.45) is 0 Å². The zero-order valence-corrected chi connectivity index (χ0v) is 8.92. The first-order chi connectivity index (χ1) is 8.47. The molecule has 18 heavy (non-hydrogen) atoms. The van der Waals surface area contributed by atoms with Gasteiger partial charge < -0.3 is 15.2 Å². The zero-order valence-electron chi connectivity index (χ0n) is 8.92. The van der Waals surface area contributed by atoms with E-state index in [4.69, 9.17) is 5.11 Å². The van der Waals surface area contributed by atoms with E-state index in [1.54, 1.807) is 0 Å². The Kier molecular flexibility index (Phi) is 4.90. The maximum Gasteiger partial charge on any atom is 0.387 e. The Bertz CT molecular complexity index is 439. The second-order valence-corrected chi connectivity index (χ2v) is 3.09. The molecule has 0 unspecified atom stereocenters. The Morgan fingerprint density at radius 2 is 2.06 bits per heavy atom. The molecule has 0 aliphatic carbocycles. The van der Waals surface area contributed by atoms with Crippen LogP contribution in [0, 0.1) is 11.6 Å². The number of aliphatic hydroxyl groups is 1. The van der Waals surface area contributed by atoms with Crippen LogP contribution in [0.4, 0.5) is 17.6 Å². The third-order valence-electron chi connectivity index (χ3n) is 1.90. The van der Waals surface area contributed by atoms with Gasteiger partial charge in [-0.25, -0.2) is 8.78 Å². The number of hydrogen-bond donors (Lipinski definition) is 2. The number of rotatable bonds is 5. The number of carbonyl (C=O) groups excluding carboxylic acids is 1. The summed E-state index contributed by atoms with van der Waals surface area (Å²) in [6.07, 6.45) is 0. The first kappa shape index (κ1) is 14.2. The number of hydrogen-bond acceptors (Lipinski definition) is 3. The van der Waals surface area contributed by atoms with Gasteiger partial charge in [0.2, 0.25) is 0 Å². The van der Waals surface area contributed by atoms with Crippen LogP contribution in [0.1, 0.15) is 10.4 Å². The van der Waals surface area contributed by atoms with Gasteiger partial charge in [0.1, 0.15) is 11.4 Å². The smallest absolute Gasteiger partial charge is 0.387 e. The second-order valence-electron chi connectivity index (χ2n) is 3.09. The van der Waals surface area contributed by atoms with Crippen LogP contribution in [0.15, 0.2) is 12.1 Å². The lowest BCUT2D eigenvalue weighted by atomic mass is 10.1. The van der Waals surface area contributed by atoms with E-state index >= 15 is 0 Å². The fraction of sp³-hybridized carbons (Fsp3) is 0.300.